The van der Waals surface area contributed by atoms with Gasteiger partial charge in [0, 0.05) is 0 Å². The summed E-state index contributed by atoms with van der Waals surface area (Å²) in [4.78, 5) is 23.7. The van der Waals surface area contributed by atoms with Crippen molar-refractivity contribution < 1.29 is 19.1 Å². The van der Waals surface area contributed by atoms with Crippen LogP contribution in [0.3, 0.4) is 0 Å². The number of hydrogen-bond acceptors (Lipinski definition) is 4. The highest BCUT2D eigenvalue weighted by atomic mass is 16.5. The number of esters is 2. The van der Waals surface area contributed by atoms with E-state index in [0.717, 1.165) is 38.5 Å². The molecule has 0 radical (unpaired) electrons. The maximum absolute atomic E-state index is 11.9. The molecule has 0 fully saturated rings. The first kappa shape index (κ1) is 28.7. The van der Waals surface area contributed by atoms with Crippen LogP contribution in [-0.4, -0.2) is 25.2 Å². The Morgan fingerprint density at radius 1 is 0.600 bits per heavy atom. The molecule has 4 heteroatoms. The molecule has 0 aromatic carbocycles. The summed E-state index contributed by atoms with van der Waals surface area (Å²) in [5.41, 5.74) is -0.713. The third-order valence-corrected chi connectivity index (χ3v) is 5.67. The third-order valence-electron chi connectivity index (χ3n) is 5.67. The first-order chi connectivity index (χ1) is 14.2. The van der Waals surface area contributed by atoms with Crippen LogP contribution in [0.4, 0.5) is 0 Å². The van der Waals surface area contributed by atoms with E-state index in [2.05, 4.69) is 12.2 Å². The van der Waals surface area contributed by atoms with Gasteiger partial charge in [0.15, 0.2) is 0 Å². The lowest BCUT2D eigenvalue weighted by molar-refractivity contribution is -0.154. The van der Waals surface area contributed by atoms with Crippen molar-refractivity contribution in [2.45, 2.75) is 119 Å². The fraction of sp³-hybridized carbons (Fsp3) is 0.846. The van der Waals surface area contributed by atoms with Gasteiger partial charge in [-0.3, -0.25) is 9.59 Å². The summed E-state index contributed by atoms with van der Waals surface area (Å²) in [6, 6.07) is 0. The van der Waals surface area contributed by atoms with Gasteiger partial charge < -0.3 is 9.47 Å². The molecule has 0 aliphatic carbocycles. The Bertz CT molecular complexity index is 447. The minimum atomic E-state index is -0.357. The maximum Gasteiger partial charge on any atom is 0.311 e. The number of rotatable bonds is 18. The van der Waals surface area contributed by atoms with E-state index in [1.54, 1.807) is 0 Å². The van der Waals surface area contributed by atoms with Crippen molar-refractivity contribution in [2.75, 3.05) is 13.2 Å². The highest BCUT2D eigenvalue weighted by molar-refractivity contribution is 5.76. The number of ether oxygens (including phenoxy) is 2. The molecule has 0 aromatic rings. The number of hydrogen-bond donors (Lipinski definition) is 0. The molecule has 0 saturated heterocycles. The zero-order chi connectivity index (χ0) is 22.9. The Kier molecular flexibility index (Phi) is 15.7. The molecule has 4 nitrogen and oxygen atoms in total. The summed E-state index contributed by atoms with van der Waals surface area (Å²) in [6.07, 6.45) is 18.1. The highest BCUT2D eigenvalue weighted by Crippen LogP contribution is 2.26. The summed E-state index contributed by atoms with van der Waals surface area (Å²) in [7, 11) is 0. The molecular weight excluding hydrogens is 376 g/mol. The van der Waals surface area contributed by atoms with E-state index < -0.39 is 0 Å². The second-order valence-electron chi connectivity index (χ2n) is 9.59. The van der Waals surface area contributed by atoms with E-state index in [4.69, 9.17) is 9.47 Å². The van der Waals surface area contributed by atoms with Gasteiger partial charge in [-0.1, -0.05) is 50.7 Å². The molecule has 30 heavy (non-hydrogen) atoms. The fourth-order valence-electron chi connectivity index (χ4n) is 3.46. The Hall–Kier alpha value is -1.32. The average Bonchev–Trinajstić information content (AvgIpc) is 2.68. The normalized spacial score (nSPS) is 12.3. The average molecular weight is 425 g/mol. The van der Waals surface area contributed by atoms with Crippen molar-refractivity contribution in [3.63, 3.8) is 0 Å². The lowest BCUT2D eigenvalue weighted by Crippen LogP contribution is -2.26. The van der Waals surface area contributed by atoms with Gasteiger partial charge in [-0.05, 0) is 80.1 Å². The monoisotopic (exact) mass is 424 g/mol. The summed E-state index contributed by atoms with van der Waals surface area (Å²) in [5.74, 6) is -0.147. The Labute approximate surface area is 186 Å². The van der Waals surface area contributed by atoms with E-state index in [9.17, 15) is 9.59 Å². The second kappa shape index (κ2) is 16.4. The van der Waals surface area contributed by atoms with Gasteiger partial charge >= 0.3 is 11.9 Å². The van der Waals surface area contributed by atoms with Crippen LogP contribution >= 0.6 is 0 Å². The zero-order valence-electron chi connectivity index (χ0n) is 20.7. The van der Waals surface area contributed by atoms with Gasteiger partial charge in [0.25, 0.3) is 0 Å². The zero-order valence-corrected chi connectivity index (χ0v) is 20.7. The fourth-order valence-corrected chi connectivity index (χ4v) is 3.46. The van der Waals surface area contributed by atoms with Gasteiger partial charge in [-0.25, -0.2) is 0 Å². The number of unbranched alkanes of at least 4 members (excludes halogenated alkanes) is 8. The van der Waals surface area contributed by atoms with E-state index in [1.165, 1.54) is 38.5 Å². The number of allylic oxidation sites excluding steroid dienone is 2. The number of carbonyl (C=O) groups excluding carboxylic acids is 2. The van der Waals surface area contributed by atoms with Gasteiger partial charge in [-0.15, -0.1) is 0 Å². The van der Waals surface area contributed by atoms with Gasteiger partial charge in [0.05, 0.1) is 24.0 Å². The summed E-state index contributed by atoms with van der Waals surface area (Å²) in [6.45, 7) is 12.6. The van der Waals surface area contributed by atoms with Crippen LogP contribution in [0.1, 0.15) is 119 Å². The molecule has 0 rings (SSSR count). The van der Waals surface area contributed by atoms with Crippen molar-refractivity contribution in [3.8, 4) is 0 Å². The minimum Gasteiger partial charge on any atom is -0.466 e. The number of carbonyl (C=O) groups is 2. The van der Waals surface area contributed by atoms with Gasteiger partial charge in [0.2, 0.25) is 0 Å². The largest absolute Gasteiger partial charge is 0.466 e. The third kappa shape index (κ3) is 13.8. The molecule has 0 saturated carbocycles. The standard InChI is InChI=1S/C26H48O4/c1-7-29-23(27)25(3,4)21-19-17-15-13-11-9-10-12-14-16-18-20-22-26(5,6)24(28)30-8-2/h9-10H,7-8,11-22H2,1-6H3/b10-9+. The predicted molar refractivity (Wildman–Crippen MR) is 125 cm³/mol. The lowest BCUT2D eigenvalue weighted by atomic mass is 9.87. The lowest BCUT2D eigenvalue weighted by Gasteiger charge is -2.21. The second-order valence-corrected chi connectivity index (χ2v) is 9.59. The maximum atomic E-state index is 11.9. The molecule has 0 atom stereocenters. The van der Waals surface area contributed by atoms with Crippen molar-refractivity contribution in [1.29, 1.82) is 0 Å². The topological polar surface area (TPSA) is 52.6 Å². The molecule has 0 aromatic heterocycles. The molecule has 0 aliphatic rings. The molecule has 0 unspecified atom stereocenters. The summed E-state index contributed by atoms with van der Waals surface area (Å²) in [5, 5.41) is 0. The SMILES string of the molecule is CCOC(=O)C(C)(C)CCCCCC/C=C/CCCCCCC(C)(C)C(=O)OCC. The predicted octanol–water partition coefficient (Wildman–Crippen LogP) is 7.40. The molecule has 176 valence electrons. The first-order valence-electron chi connectivity index (χ1n) is 12.2. The van der Waals surface area contributed by atoms with Crippen molar-refractivity contribution >= 4 is 11.9 Å². The van der Waals surface area contributed by atoms with E-state index in [-0.39, 0.29) is 22.8 Å². The smallest absolute Gasteiger partial charge is 0.311 e. The van der Waals surface area contributed by atoms with Crippen LogP contribution in [0.5, 0.6) is 0 Å². The summed E-state index contributed by atoms with van der Waals surface area (Å²) >= 11 is 0. The molecular formula is C26H48O4. The Morgan fingerprint density at radius 2 is 0.933 bits per heavy atom. The Morgan fingerprint density at radius 3 is 1.27 bits per heavy atom. The van der Waals surface area contributed by atoms with Crippen molar-refractivity contribution in [3.05, 3.63) is 12.2 Å². The Balaban J connectivity index is 3.58. The van der Waals surface area contributed by atoms with E-state index >= 15 is 0 Å². The van der Waals surface area contributed by atoms with Crippen molar-refractivity contribution in [1.82, 2.24) is 0 Å². The first-order valence-corrected chi connectivity index (χ1v) is 12.2. The highest BCUT2D eigenvalue weighted by Gasteiger charge is 2.28. The minimum absolute atomic E-state index is 0.0735. The van der Waals surface area contributed by atoms with Crippen LogP contribution in [-0.2, 0) is 19.1 Å². The van der Waals surface area contributed by atoms with Crippen LogP contribution in [0, 0.1) is 10.8 Å². The van der Waals surface area contributed by atoms with Gasteiger partial charge in [-0.2, -0.15) is 0 Å². The van der Waals surface area contributed by atoms with E-state index in [1.807, 2.05) is 41.5 Å². The van der Waals surface area contributed by atoms with Gasteiger partial charge in [0.1, 0.15) is 0 Å². The molecule has 0 amide bonds. The molecule has 0 bridgehead atoms. The quantitative estimate of drug-likeness (QED) is 0.131. The van der Waals surface area contributed by atoms with E-state index in [0.29, 0.717) is 13.2 Å². The molecule has 0 aliphatic heterocycles. The van der Waals surface area contributed by atoms with Crippen LogP contribution in [0.15, 0.2) is 12.2 Å². The van der Waals surface area contributed by atoms with Crippen LogP contribution in [0.2, 0.25) is 0 Å². The summed E-state index contributed by atoms with van der Waals surface area (Å²) < 4.78 is 10.3. The van der Waals surface area contributed by atoms with Crippen molar-refractivity contribution in [2.24, 2.45) is 10.8 Å². The van der Waals surface area contributed by atoms with Crippen LogP contribution < -0.4 is 0 Å². The molecule has 0 spiro atoms. The van der Waals surface area contributed by atoms with Crippen LogP contribution in [0.25, 0.3) is 0 Å². The molecule has 0 heterocycles. The molecule has 0 N–H and O–H groups in total.